The molecule has 0 amide bonds. The van der Waals surface area contributed by atoms with Crippen molar-refractivity contribution < 1.29 is 14.1 Å². The van der Waals surface area contributed by atoms with Crippen molar-refractivity contribution in [2.45, 2.75) is 13.5 Å². The summed E-state index contributed by atoms with van der Waals surface area (Å²) in [4.78, 5) is 10.8. The molecule has 1 aromatic carbocycles. The first-order valence-corrected chi connectivity index (χ1v) is 5.45. The van der Waals surface area contributed by atoms with Gasteiger partial charge in [0, 0.05) is 24.6 Å². The van der Waals surface area contributed by atoms with Crippen LogP contribution < -0.4 is 9.30 Å². The fraction of sp³-hybridized carbons (Fsp3) is 0.143. The first-order chi connectivity index (χ1) is 8.24. The second-order valence-corrected chi connectivity index (χ2v) is 3.79. The van der Waals surface area contributed by atoms with Gasteiger partial charge in [-0.25, -0.2) is 4.57 Å². The number of ether oxygens (including phenoxy) is 1. The number of aromatic nitrogens is 1. The van der Waals surface area contributed by atoms with E-state index >= 15 is 0 Å². The van der Waals surface area contributed by atoms with E-state index in [1.807, 2.05) is 42.7 Å². The lowest BCUT2D eigenvalue weighted by Gasteiger charge is -2.01. The Bertz CT molecular complexity index is 491. The molecule has 86 valence electrons. The Kier molecular flexibility index (Phi) is 3.50. The second-order valence-electron chi connectivity index (χ2n) is 3.79. The van der Waals surface area contributed by atoms with Gasteiger partial charge in [0.1, 0.15) is 5.75 Å². The zero-order valence-electron chi connectivity index (χ0n) is 9.67. The van der Waals surface area contributed by atoms with Gasteiger partial charge in [0.2, 0.25) is 0 Å². The largest absolute Gasteiger partial charge is 0.427 e. The summed E-state index contributed by atoms with van der Waals surface area (Å²) in [6, 6.07) is 13.5. The summed E-state index contributed by atoms with van der Waals surface area (Å²) in [5, 5.41) is 0. The molecule has 0 saturated carbocycles. The van der Waals surface area contributed by atoms with Gasteiger partial charge in [-0.2, -0.15) is 0 Å². The van der Waals surface area contributed by atoms with Gasteiger partial charge in [0.05, 0.1) is 0 Å². The quantitative estimate of drug-likeness (QED) is 0.456. The van der Waals surface area contributed by atoms with E-state index in [9.17, 15) is 4.79 Å². The Hall–Kier alpha value is -2.16. The third kappa shape index (κ3) is 3.41. The number of pyridine rings is 1. The van der Waals surface area contributed by atoms with E-state index in [1.165, 1.54) is 6.92 Å². The van der Waals surface area contributed by atoms with Crippen molar-refractivity contribution in [3.8, 4) is 5.75 Å². The maximum absolute atomic E-state index is 10.8. The van der Waals surface area contributed by atoms with E-state index < -0.39 is 0 Å². The molecule has 3 nitrogen and oxygen atoms in total. The van der Waals surface area contributed by atoms with Crippen LogP contribution in [0.15, 0.2) is 54.9 Å². The fourth-order valence-electron chi connectivity index (χ4n) is 1.58. The Labute approximate surface area is 100 Å². The van der Waals surface area contributed by atoms with Crippen LogP contribution in [0.4, 0.5) is 0 Å². The third-order valence-electron chi connectivity index (χ3n) is 2.33. The number of carbonyl (C=O) groups excluding carboxylic acids is 1. The van der Waals surface area contributed by atoms with Crippen molar-refractivity contribution >= 4 is 5.97 Å². The van der Waals surface area contributed by atoms with Gasteiger partial charge in [-0.15, -0.1) is 0 Å². The maximum atomic E-state index is 10.8. The summed E-state index contributed by atoms with van der Waals surface area (Å²) in [6.07, 6.45) is 4.03. The highest BCUT2D eigenvalue weighted by Gasteiger charge is 2.02. The zero-order chi connectivity index (χ0) is 12.1. The van der Waals surface area contributed by atoms with E-state index in [-0.39, 0.29) is 5.97 Å². The highest BCUT2D eigenvalue weighted by molar-refractivity contribution is 5.69. The molecule has 2 rings (SSSR count). The molecule has 0 atom stereocenters. The fourth-order valence-corrected chi connectivity index (χ4v) is 1.58. The SMILES string of the molecule is CC(=O)Oc1ccc(C[n+]2ccccc2)cc1. The van der Waals surface area contributed by atoms with Crippen LogP contribution in [-0.2, 0) is 11.3 Å². The number of hydrogen-bond donors (Lipinski definition) is 0. The van der Waals surface area contributed by atoms with Crippen LogP contribution in [0.3, 0.4) is 0 Å². The van der Waals surface area contributed by atoms with Gasteiger partial charge >= 0.3 is 5.97 Å². The minimum atomic E-state index is -0.296. The summed E-state index contributed by atoms with van der Waals surface area (Å²) in [6.45, 7) is 2.20. The Balaban J connectivity index is 2.06. The molecule has 3 heteroatoms. The molecule has 0 unspecified atom stereocenters. The molecule has 1 aromatic heterocycles. The molecular weight excluding hydrogens is 214 g/mol. The molecule has 2 aromatic rings. The van der Waals surface area contributed by atoms with Gasteiger partial charge < -0.3 is 4.74 Å². The Morgan fingerprint density at radius 1 is 1.12 bits per heavy atom. The standard InChI is InChI=1S/C14H14NO2/c1-12(16)17-14-7-5-13(6-8-14)11-15-9-3-2-4-10-15/h2-10H,11H2,1H3/q+1. The average molecular weight is 228 g/mol. The van der Waals surface area contributed by atoms with Gasteiger partial charge in [-0.3, -0.25) is 4.79 Å². The molecule has 0 aliphatic heterocycles. The minimum Gasteiger partial charge on any atom is -0.427 e. The lowest BCUT2D eigenvalue weighted by atomic mass is 10.2. The molecule has 0 aliphatic rings. The number of esters is 1. The third-order valence-corrected chi connectivity index (χ3v) is 2.33. The number of nitrogens with zero attached hydrogens (tertiary/aromatic N) is 1. The molecule has 0 aliphatic carbocycles. The van der Waals surface area contributed by atoms with E-state index in [2.05, 4.69) is 4.57 Å². The summed E-state index contributed by atoms with van der Waals surface area (Å²) < 4.78 is 7.06. The topological polar surface area (TPSA) is 30.2 Å². The lowest BCUT2D eigenvalue weighted by molar-refractivity contribution is -0.688. The summed E-state index contributed by atoms with van der Waals surface area (Å²) in [7, 11) is 0. The number of hydrogen-bond acceptors (Lipinski definition) is 2. The van der Waals surface area contributed by atoms with Gasteiger partial charge in [-0.05, 0) is 24.3 Å². The molecular formula is C14H14NO2+. The van der Waals surface area contributed by atoms with Crippen LogP contribution in [0.1, 0.15) is 12.5 Å². The summed E-state index contributed by atoms with van der Waals surface area (Å²) in [5.41, 5.74) is 1.16. The van der Waals surface area contributed by atoms with Crippen molar-refractivity contribution in [1.29, 1.82) is 0 Å². The van der Waals surface area contributed by atoms with Crippen LogP contribution in [0.5, 0.6) is 5.75 Å². The lowest BCUT2D eigenvalue weighted by Crippen LogP contribution is -2.32. The summed E-state index contributed by atoms with van der Waals surface area (Å²) in [5.74, 6) is 0.287. The smallest absolute Gasteiger partial charge is 0.308 e. The average Bonchev–Trinajstić information content (AvgIpc) is 2.32. The van der Waals surface area contributed by atoms with Crippen molar-refractivity contribution in [3.63, 3.8) is 0 Å². The predicted octanol–water partition coefficient (Wildman–Crippen LogP) is 1.95. The van der Waals surface area contributed by atoms with Crippen molar-refractivity contribution in [3.05, 3.63) is 60.4 Å². The Morgan fingerprint density at radius 3 is 2.35 bits per heavy atom. The molecule has 0 saturated heterocycles. The maximum Gasteiger partial charge on any atom is 0.308 e. The van der Waals surface area contributed by atoms with Crippen molar-refractivity contribution in [1.82, 2.24) is 0 Å². The Morgan fingerprint density at radius 2 is 1.76 bits per heavy atom. The monoisotopic (exact) mass is 228 g/mol. The molecule has 0 bridgehead atoms. The minimum absolute atomic E-state index is 0.296. The number of carbonyl (C=O) groups is 1. The second kappa shape index (κ2) is 5.25. The molecule has 0 radical (unpaired) electrons. The normalized spacial score (nSPS) is 9.94. The highest BCUT2D eigenvalue weighted by atomic mass is 16.5. The molecule has 0 fully saturated rings. The molecule has 0 N–H and O–H groups in total. The van der Waals surface area contributed by atoms with Crippen LogP contribution in [0.25, 0.3) is 0 Å². The van der Waals surface area contributed by atoms with Gasteiger partial charge in [0.25, 0.3) is 0 Å². The van der Waals surface area contributed by atoms with E-state index in [4.69, 9.17) is 4.74 Å². The first-order valence-electron chi connectivity index (χ1n) is 5.45. The van der Waals surface area contributed by atoms with Crippen molar-refractivity contribution in [2.24, 2.45) is 0 Å². The number of rotatable bonds is 3. The van der Waals surface area contributed by atoms with Gasteiger partial charge in [0.15, 0.2) is 18.9 Å². The molecule has 17 heavy (non-hydrogen) atoms. The molecule has 1 heterocycles. The first kappa shape index (κ1) is 11.3. The van der Waals surface area contributed by atoms with Crippen LogP contribution in [0.2, 0.25) is 0 Å². The van der Waals surface area contributed by atoms with Crippen LogP contribution >= 0.6 is 0 Å². The van der Waals surface area contributed by atoms with E-state index in [1.54, 1.807) is 12.1 Å². The summed E-state index contributed by atoms with van der Waals surface area (Å²) >= 11 is 0. The van der Waals surface area contributed by atoms with Gasteiger partial charge in [-0.1, -0.05) is 6.07 Å². The van der Waals surface area contributed by atoms with E-state index in [0.29, 0.717) is 5.75 Å². The highest BCUT2D eigenvalue weighted by Crippen LogP contribution is 2.12. The van der Waals surface area contributed by atoms with Crippen LogP contribution in [-0.4, -0.2) is 5.97 Å². The van der Waals surface area contributed by atoms with Crippen molar-refractivity contribution in [2.75, 3.05) is 0 Å². The molecule has 0 spiro atoms. The predicted molar refractivity (Wildman–Crippen MR) is 63.5 cm³/mol. The zero-order valence-corrected chi connectivity index (χ0v) is 9.67. The van der Waals surface area contributed by atoms with Crippen LogP contribution in [0, 0.1) is 0 Å². The van der Waals surface area contributed by atoms with E-state index in [0.717, 1.165) is 12.1 Å². The number of benzene rings is 1.